The predicted octanol–water partition coefficient (Wildman–Crippen LogP) is 2.74. The summed E-state index contributed by atoms with van der Waals surface area (Å²) >= 11 is 3.31. The summed E-state index contributed by atoms with van der Waals surface area (Å²) in [6, 6.07) is 7.37. The molecule has 0 saturated heterocycles. The number of aliphatic hydroxyl groups excluding tert-OH is 1. The van der Waals surface area contributed by atoms with Crippen molar-refractivity contribution >= 4 is 21.9 Å². The van der Waals surface area contributed by atoms with Crippen molar-refractivity contribution in [2.24, 2.45) is 0 Å². The zero-order chi connectivity index (χ0) is 11.3. The summed E-state index contributed by atoms with van der Waals surface area (Å²) in [4.78, 5) is 10.3. The first-order valence-electron chi connectivity index (χ1n) is 4.75. The highest BCUT2D eigenvalue weighted by atomic mass is 79.9. The molecule has 0 aliphatic heterocycles. The first-order chi connectivity index (χ1) is 7.09. The van der Waals surface area contributed by atoms with E-state index in [0.29, 0.717) is 12.8 Å². The van der Waals surface area contributed by atoms with Crippen molar-refractivity contribution in [2.75, 3.05) is 0 Å². The van der Waals surface area contributed by atoms with E-state index in [4.69, 9.17) is 5.11 Å². The molecule has 0 fully saturated rings. The van der Waals surface area contributed by atoms with Crippen molar-refractivity contribution in [3.63, 3.8) is 0 Å². The van der Waals surface area contributed by atoms with Crippen LogP contribution in [-0.4, -0.2) is 16.2 Å². The third kappa shape index (κ3) is 4.44. The van der Waals surface area contributed by atoms with E-state index in [-0.39, 0.29) is 6.42 Å². The van der Waals surface area contributed by atoms with E-state index in [1.165, 1.54) is 0 Å². The number of rotatable bonds is 5. The largest absolute Gasteiger partial charge is 0.481 e. The number of halogens is 1. The zero-order valence-electron chi connectivity index (χ0n) is 8.19. The van der Waals surface area contributed by atoms with E-state index in [9.17, 15) is 9.90 Å². The van der Waals surface area contributed by atoms with Gasteiger partial charge in [0.2, 0.25) is 0 Å². The fraction of sp³-hybridized carbons (Fsp3) is 0.364. The summed E-state index contributed by atoms with van der Waals surface area (Å²) in [5.41, 5.74) is 0.823. The standard InChI is InChI=1S/C11H13BrO3/c12-9-6-4-8(5-7-9)10(13)2-1-3-11(14)15/h4-7,10,13H,1-3H2,(H,14,15). The molecule has 0 aromatic heterocycles. The summed E-state index contributed by atoms with van der Waals surface area (Å²) in [7, 11) is 0. The Morgan fingerprint density at radius 1 is 1.33 bits per heavy atom. The Morgan fingerprint density at radius 3 is 2.47 bits per heavy atom. The summed E-state index contributed by atoms with van der Waals surface area (Å²) in [6.07, 6.45) is 0.506. The SMILES string of the molecule is O=C(O)CCCC(O)c1ccc(Br)cc1. The van der Waals surface area contributed by atoms with Crippen LogP contribution >= 0.6 is 15.9 Å². The van der Waals surface area contributed by atoms with E-state index in [2.05, 4.69) is 15.9 Å². The fourth-order valence-electron chi connectivity index (χ4n) is 1.30. The maximum atomic E-state index is 10.3. The molecule has 15 heavy (non-hydrogen) atoms. The molecule has 1 rings (SSSR count). The molecule has 1 atom stereocenters. The maximum Gasteiger partial charge on any atom is 0.303 e. The Labute approximate surface area is 96.9 Å². The molecule has 4 heteroatoms. The minimum absolute atomic E-state index is 0.105. The van der Waals surface area contributed by atoms with Gasteiger partial charge in [-0.05, 0) is 30.5 Å². The third-order valence-electron chi connectivity index (χ3n) is 2.12. The van der Waals surface area contributed by atoms with Crippen LogP contribution in [0.1, 0.15) is 30.9 Å². The Morgan fingerprint density at radius 2 is 1.93 bits per heavy atom. The highest BCUT2D eigenvalue weighted by molar-refractivity contribution is 9.10. The van der Waals surface area contributed by atoms with Gasteiger partial charge in [-0.2, -0.15) is 0 Å². The summed E-state index contributed by atoms with van der Waals surface area (Å²) < 4.78 is 0.962. The van der Waals surface area contributed by atoms with Gasteiger partial charge >= 0.3 is 5.97 Å². The zero-order valence-corrected chi connectivity index (χ0v) is 9.77. The van der Waals surface area contributed by atoms with Crippen LogP contribution in [0.3, 0.4) is 0 Å². The Balaban J connectivity index is 2.43. The molecule has 0 heterocycles. The molecule has 3 nitrogen and oxygen atoms in total. The number of carboxylic acids is 1. The molecule has 0 spiro atoms. The van der Waals surface area contributed by atoms with Crippen LogP contribution in [0.2, 0.25) is 0 Å². The molecule has 0 saturated carbocycles. The summed E-state index contributed by atoms with van der Waals surface area (Å²) in [5, 5.41) is 18.2. The van der Waals surface area contributed by atoms with E-state index < -0.39 is 12.1 Å². The Hall–Kier alpha value is -0.870. The van der Waals surface area contributed by atoms with Gasteiger partial charge in [-0.3, -0.25) is 4.79 Å². The van der Waals surface area contributed by atoms with Gasteiger partial charge in [-0.15, -0.1) is 0 Å². The predicted molar refractivity (Wildman–Crippen MR) is 60.6 cm³/mol. The second-order valence-corrected chi connectivity index (χ2v) is 4.27. The van der Waals surface area contributed by atoms with Crippen LogP contribution in [0.15, 0.2) is 28.7 Å². The van der Waals surface area contributed by atoms with Crippen molar-refractivity contribution in [1.29, 1.82) is 0 Å². The van der Waals surface area contributed by atoms with Crippen LogP contribution in [-0.2, 0) is 4.79 Å². The summed E-state index contributed by atoms with van der Waals surface area (Å²) in [5.74, 6) is -0.821. The lowest BCUT2D eigenvalue weighted by Crippen LogP contribution is -2.00. The van der Waals surface area contributed by atoms with Crippen LogP contribution in [0.25, 0.3) is 0 Å². The van der Waals surface area contributed by atoms with E-state index in [0.717, 1.165) is 10.0 Å². The number of benzene rings is 1. The first-order valence-corrected chi connectivity index (χ1v) is 5.54. The smallest absolute Gasteiger partial charge is 0.303 e. The second-order valence-electron chi connectivity index (χ2n) is 3.35. The minimum atomic E-state index is -0.821. The van der Waals surface area contributed by atoms with Crippen LogP contribution in [0, 0.1) is 0 Å². The molecular formula is C11H13BrO3. The first kappa shape index (κ1) is 12.2. The van der Waals surface area contributed by atoms with Crippen molar-refractivity contribution in [2.45, 2.75) is 25.4 Å². The van der Waals surface area contributed by atoms with Crippen LogP contribution < -0.4 is 0 Å². The average molecular weight is 273 g/mol. The Bertz CT molecular complexity index is 321. The van der Waals surface area contributed by atoms with Crippen molar-refractivity contribution in [3.05, 3.63) is 34.3 Å². The molecule has 0 radical (unpaired) electrons. The van der Waals surface area contributed by atoms with E-state index in [1.807, 2.05) is 24.3 Å². The number of carboxylic acid groups (broad SMARTS) is 1. The normalized spacial score (nSPS) is 12.4. The molecular weight excluding hydrogens is 260 g/mol. The van der Waals surface area contributed by atoms with Gasteiger partial charge in [0.05, 0.1) is 6.10 Å². The number of hydrogen-bond acceptors (Lipinski definition) is 2. The lowest BCUT2D eigenvalue weighted by Gasteiger charge is -2.09. The van der Waals surface area contributed by atoms with Gasteiger partial charge in [0.1, 0.15) is 0 Å². The molecule has 82 valence electrons. The van der Waals surface area contributed by atoms with Gasteiger partial charge in [-0.1, -0.05) is 28.1 Å². The molecule has 2 N–H and O–H groups in total. The van der Waals surface area contributed by atoms with Crippen LogP contribution in [0.5, 0.6) is 0 Å². The summed E-state index contributed by atoms with van der Waals surface area (Å²) in [6.45, 7) is 0. The number of hydrogen-bond donors (Lipinski definition) is 2. The topological polar surface area (TPSA) is 57.5 Å². The fourth-order valence-corrected chi connectivity index (χ4v) is 1.56. The van der Waals surface area contributed by atoms with Crippen LogP contribution in [0.4, 0.5) is 0 Å². The van der Waals surface area contributed by atoms with Gasteiger partial charge in [0.25, 0.3) is 0 Å². The quantitative estimate of drug-likeness (QED) is 0.867. The number of aliphatic hydroxyl groups is 1. The number of aliphatic carboxylic acids is 1. The lowest BCUT2D eigenvalue weighted by molar-refractivity contribution is -0.137. The molecule has 0 bridgehead atoms. The van der Waals surface area contributed by atoms with Crippen molar-refractivity contribution in [1.82, 2.24) is 0 Å². The lowest BCUT2D eigenvalue weighted by atomic mass is 10.0. The third-order valence-corrected chi connectivity index (χ3v) is 2.65. The molecule has 1 aromatic carbocycles. The second kappa shape index (κ2) is 5.88. The molecule has 1 unspecified atom stereocenters. The van der Waals surface area contributed by atoms with Gasteiger partial charge in [-0.25, -0.2) is 0 Å². The van der Waals surface area contributed by atoms with Gasteiger partial charge < -0.3 is 10.2 Å². The Kier molecular flexibility index (Phi) is 4.78. The van der Waals surface area contributed by atoms with Gasteiger partial charge in [0.15, 0.2) is 0 Å². The highest BCUT2D eigenvalue weighted by Crippen LogP contribution is 2.21. The molecule has 0 amide bonds. The molecule has 1 aromatic rings. The van der Waals surface area contributed by atoms with E-state index >= 15 is 0 Å². The highest BCUT2D eigenvalue weighted by Gasteiger charge is 2.07. The number of carbonyl (C=O) groups is 1. The van der Waals surface area contributed by atoms with Gasteiger partial charge in [0, 0.05) is 10.9 Å². The monoisotopic (exact) mass is 272 g/mol. The van der Waals surface area contributed by atoms with Crippen molar-refractivity contribution < 1.29 is 15.0 Å². The molecule has 0 aliphatic carbocycles. The van der Waals surface area contributed by atoms with E-state index in [1.54, 1.807) is 0 Å². The minimum Gasteiger partial charge on any atom is -0.481 e. The maximum absolute atomic E-state index is 10.3. The molecule has 0 aliphatic rings. The van der Waals surface area contributed by atoms with Crippen molar-refractivity contribution in [3.8, 4) is 0 Å². The average Bonchev–Trinajstić information content (AvgIpc) is 2.18.